The third kappa shape index (κ3) is 5.43. The highest BCUT2D eigenvalue weighted by molar-refractivity contribution is 6.10. The van der Waals surface area contributed by atoms with E-state index in [1.54, 1.807) is 0 Å². The van der Waals surface area contributed by atoms with Crippen LogP contribution in [-0.2, 0) is 0 Å². The lowest BCUT2D eigenvalue weighted by molar-refractivity contribution is 0.953. The number of para-hydroxylation sites is 1. The van der Waals surface area contributed by atoms with Gasteiger partial charge in [-0.05, 0) is 66.3 Å². The van der Waals surface area contributed by atoms with E-state index in [9.17, 15) is 0 Å². The van der Waals surface area contributed by atoms with E-state index in [0.29, 0.717) is 17.6 Å². The van der Waals surface area contributed by atoms with Gasteiger partial charge in [-0.1, -0.05) is 146 Å². The van der Waals surface area contributed by atoms with Crippen LogP contribution in [0.2, 0.25) is 0 Å². The van der Waals surface area contributed by atoms with E-state index in [1.807, 2.05) is 60.7 Å². The predicted octanol–water partition coefficient (Wildman–Crippen LogP) is 11.1. The van der Waals surface area contributed by atoms with Crippen LogP contribution in [0.5, 0.6) is 0 Å². The van der Waals surface area contributed by atoms with Crippen molar-refractivity contribution < 1.29 is 0 Å². The molecule has 3 heterocycles. The Hall–Kier alpha value is -7.11. The molecule has 0 radical (unpaired) electrons. The summed E-state index contributed by atoms with van der Waals surface area (Å²) in [5, 5.41) is 8.50. The Bertz CT molecular complexity index is 3130. The number of hydrogen-bond donors (Lipinski definition) is 0. The molecule has 0 fully saturated rings. The summed E-state index contributed by atoms with van der Waals surface area (Å²) in [7, 11) is 0. The maximum atomic E-state index is 5.11. The summed E-state index contributed by atoms with van der Waals surface area (Å²) < 4.78 is 4.61. The molecule has 10 rings (SSSR count). The minimum Gasteiger partial charge on any atom is -0.309 e. The van der Waals surface area contributed by atoms with Crippen LogP contribution in [-0.4, -0.2) is 24.1 Å². The van der Waals surface area contributed by atoms with Gasteiger partial charge in [-0.3, -0.25) is 4.57 Å². The first-order valence-corrected chi connectivity index (χ1v) is 18.9. The molecule has 0 amide bonds. The second kappa shape index (κ2) is 13.4. The summed E-state index contributed by atoms with van der Waals surface area (Å²) >= 11 is 0. The highest BCUT2D eigenvalue weighted by atomic mass is 15.2. The van der Waals surface area contributed by atoms with E-state index in [4.69, 9.17) is 15.0 Å². The van der Waals surface area contributed by atoms with Crippen molar-refractivity contribution in [2.75, 3.05) is 0 Å². The number of benzene rings is 7. The topological polar surface area (TPSA) is 48.5 Å². The highest BCUT2D eigenvalue weighted by Crippen LogP contribution is 2.36. The summed E-state index contributed by atoms with van der Waals surface area (Å²) in [6, 6.07) is 57.7. The lowest BCUT2D eigenvalue weighted by atomic mass is 10.0. The van der Waals surface area contributed by atoms with Crippen molar-refractivity contribution in [1.82, 2.24) is 24.1 Å². The van der Waals surface area contributed by atoms with Gasteiger partial charge >= 0.3 is 0 Å². The Morgan fingerprint density at radius 3 is 1.71 bits per heavy atom. The zero-order valence-corrected chi connectivity index (χ0v) is 30.7. The van der Waals surface area contributed by atoms with Gasteiger partial charge < -0.3 is 4.57 Å². The van der Waals surface area contributed by atoms with Crippen LogP contribution in [0.15, 0.2) is 164 Å². The molecule has 0 bridgehead atoms. The van der Waals surface area contributed by atoms with Crippen molar-refractivity contribution in [2.24, 2.45) is 0 Å². The number of aromatic nitrogens is 5. The van der Waals surface area contributed by atoms with Crippen molar-refractivity contribution >= 4 is 55.6 Å². The van der Waals surface area contributed by atoms with Gasteiger partial charge in [0.05, 0.1) is 22.2 Å². The second-order valence-corrected chi connectivity index (χ2v) is 13.9. The van der Waals surface area contributed by atoms with Crippen molar-refractivity contribution in [1.29, 1.82) is 0 Å². The fraction of sp³-hybridized carbons (Fsp3) is 0.0600. The molecular weight excluding hydrogens is 671 g/mol. The smallest absolute Gasteiger partial charge is 0.238 e. The van der Waals surface area contributed by atoms with Crippen LogP contribution in [0.4, 0.5) is 0 Å². The summed E-state index contributed by atoms with van der Waals surface area (Å²) in [6.07, 6.45) is 5.56. The number of rotatable bonds is 6. The molecule has 0 unspecified atom stereocenters. The van der Waals surface area contributed by atoms with Gasteiger partial charge in [0.1, 0.15) is 0 Å². The molecule has 0 saturated carbocycles. The van der Waals surface area contributed by atoms with Crippen LogP contribution in [0.25, 0.3) is 101 Å². The molecule has 0 spiro atoms. The molecule has 5 heteroatoms. The summed E-state index contributed by atoms with van der Waals surface area (Å²) in [6.45, 7) is 4.36. The van der Waals surface area contributed by atoms with Gasteiger partial charge in [0.2, 0.25) is 5.95 Å². The standard InChI is InChI=1S/C50H37N5/c1-3-16-39-41-31-36(27-29-46(41)54(43(39)4-2)44-26-15-22-33-17-11-12-23-38(33)44)37-28-30-47-42(32-37)40-24-13-14-25-45(40)55(47)50-52-48(34-18-7-5-8-19-34)51-49(53-50)35-20-9-6-10-21-35/h4-32H,3H2,1-2H3. The monoisotopic (exact) mass is 707 g/mol. The van der Waals surface area contributed by atoms with E-state index in [2.05, 4.69) is 138 Å². The molecule has 262 valence electrons. The first-order chi connectivity index (χ1) is 27.2. The van der Waals surface area contributed by atoms with Gasteiger partial charge in [-0.15, -0.1) is 0 Å². The lowest BCUT2D eigenvalue weighted by Gasteiger charge is -2.11. The molecule has 3 aromatic heterocycles. The molecule has 0 aliphatic rings. The van der Waals surface area contributed by atoms with E-state index in [0.717, 1.165) is 44.9 Å². The Labute approximate surface area is 318 Å². The van der Waals surface area contributed by atoms with Crippen LogP contribution in [0, 0.1) is 0 Å². The lowest BCUT2D eigenvalue weighted by Crippen LogP contribution is -2.28. The first kappa shape index (κ1) is 32.5. The Kier molecular flexibility index (Phi) is 7.92. The fourth-order valence-corrected chi connectivity index (χ4v) is 8.15. The van der Waals surface area contributed by atoms with E-state index >= 15 is 0 Å². The third-order valence-electron chi connectivity index (χ3n) is 10.6. The molecule has 0 aliphatic carbocycles. The van der Waals surface area contributed by atoms with Gasteiger partial charge in [0.25, 0.3) is 0 Å². The average molecular weight is 708 g/mol. The number of nitrogens with zero attached hydrogens (tertiary/aromatic N) is 5. The molecular formula is C50H37N5. The minimum atomic E-state index is 0.589. The molecule has 0 atom stereocenters. The van der Waals surface area contributed by atoms with Crippen molar-refractivity contribution in [2.45, 2.75) is 20.3 Å². The van der Waals surface area contributed by atoms with Crippen LogP contribution < -0.4 is 10.6 Å². The second-order valence-electron chi connectivity index (χ2n) is 13.9. The first-order valence-electron chi connectivity index (χ1n) is 18.9. The normalized spacial score (nSPS) is 12.5. The van der Waals surface area contributed by atoms with Crippen LogP contribution in [0.1, 0.15) is 20.3 Å². The van der Waals surface area contributed by atoms with Gasteiger partial charge in [-0.2, -0.15) is 9.97 Å². The van der Waals surface area contributed by atoms with Gasteiger partial charge in [0, 0.05) is 43.2 Å². The van der Waals surface area contributed by atoms with Gasteiger partial charge in [-0.25, -0.2) is 4.98 Å². The zero-order chi connectivity index (χ0) is 36.9. The third-order valence-corrected chi connectivity index (χ3v) is 10.6. The quantitative estimate of drug-likeness (QED) is 0.173. The van der Waals surface area contributed by atoms with Crippen molar-refractivity contribution in [3.63, 3.8) is 0 Å². The molecule has 0 saturated heterocycles. The molecule has 10 aromatic rings. The largest absolute Gasteiger partial charge is 0.309 e. The average Bonchev–Trinajstić information content (AvgIpc) is 3.75. The van der Waals surface area contributed by atoms with Crippen molar-refractivity contribution in [3.05, 3.63) is 174 Å². The van der Waals surface area contributed by atoms with E-state index in [-0.39, 0.29) is 0 Å². The molecule has 0 aliphatic heterocycles. The Morgan fingerprint density at radius 2 is 1.04 bits per heavy atom. The van der Waals surface area contributed by atoms with Crippen LogP contribution >= 0.6 is 0 Å². The summed E-state index contributed by atoms with van der Waals surface area (Å²) in [5.41, 5.74) is 8.70. The number of hydrogen-bond acceptors (Lipinski definition) is 3. The molecule has 5 nitrogen and oxygen atoms in total. The van der Waals surface area contributed by atoms with E-state index in [1.165, 1.54) is 43.5 Å². The Balaban J connectivity index is 1.17. The maximum Gasteiger partial charge on any atom is 0.238 e. The van der Waals surface area contributed by atoms with Gasteiger partial charge in [0.15, 0.2) is 11.6 Å². The zero-order valence-electron chi connectivity index (χ0n) is 30.7. The fourth-order valence-electron chi connectivity index (χ4n) is 8.15. The number of fused-ring (bicyclic) bond motifs is 5. The Morgan fingerprint density at radius 1 is 0.473 bits per heavy atom. The molecule has 7 aromatic carbocycles. The summed E-state index contributed by atoms with van der Waals surface area (Å²) in [5.74, 6) is 1.86. The summed E-state index contributed by atoms with van der Waals surface area (Å²) in [4.78, 5) is 15.2. The van der Waals surface area contributed by atoms with E-state index < -0.39 is 0 Å². The van der Waals surface area contributed by atoms with Crippen molar-refractivity contribution in [3.8, 4) is 45.5 Å². The van der Waals surface area contributed by atoms with Crippen LogP contribution in [0.3, 0.4) is 0 Å². The highest BCUT2D eigenvalue weighted by Gasteiger charge is 2.19. The molecule has 0 N–H and O–H groups in total. The maximum absolute atomic E-state index is 5.11. The minimum absolute atomic E-state index is 0.589. The predicted molar refractivity (Wildman–Crippen MR) is 229 cm³/mol. The molecule has 55 heavy (non-hydrogen) atoms. The SMILES string of the molecule is CC=c1c(=CCC)c2cc(-c3ccc4c(c3)c3ccccc3n4-c3nc(-c4ccccc4)nc(-c4ccccc4)n3)ccc2n1-c1cccc2ccccc12.